The van der Waals surface area contributed by atoms with E-state index in [0.717, 1.165) is 117 Å². The van der Waals surface area contributed by atoms with Crippen LogP contribution in [-0.2, 0) is 71.2 Å². The van der Waals surface area contributed by atoms with Gasteiger partial charge in [-0.1, -0.05) is 123 Å². The number of fused-ring (bicyclic) bond motifs is 2. The van der Waals surface area contributed by atoms with Crippen molar-refractivity contribution in [2.24, 2.45) is 0 Å². The highest BCUT2D eigenvalue weighted by molar-refractivity contribution is 5.95. The molecule has 6 aromatic rings. The first-order valence-electron chi connectivity index (χ1n) is 35.0. The van der Waals surface area contributed by atoms with Gasteiger partial charge in [-0.15, -0.1) is 0 Å². The van der Waals surface area contributed by atoms with Crippen molar-refractivity contribution in [2.75, 3.05) is 99.9 Å². The number of likely N-dealkylation sites (N-methyl/N-ethyl adjacent to an activating group) is 2. The van der Waals surface area contributed by atoms with Crippen molar-refractivity contribution in [1.82, 2.24) is 34.4 Å². The molecule has 1 aromatic heterocycles. The van der Waals surface area contributed by atoms with E-state index >= 15 is 0 Å². The second-order valence-corrected chi connectivity index (χ2v) is 27.0. The molecule has 0 bridgehead atoms. The van der Waals surface area contributed by atoms with Gasteiger partial charge in [-0.05, 0) is 160 Å². The van der Waals surface area contributed by atoms with E-state index < -0.39 is 46.4 Å². The Kier molecular flexibility index (Phi) is 26.7. The van der Waals surface area contributed by atoms with Crippen LogP contribution in [0.1, 0.15) is 151 Å². The van der Waals surface area contributed by atoms with Crippen molar-refractivity contribution in [2.45, 2.75) is 146 Å². The van der Waals surface area contributed by atoms with Gasteiger partial charge in [-0.2, -0.15) is 26.3 Å². The number of unbranched alkanes of at least 4 members (excludes halogenated alkanes) is 4. The molecule has 2 atom stereocenters. The molecule has 0 radical (unpaired) electrons. The minimum atomic E-state index is -5.11. The van der Waals surface area contributed by atoms with E-state index in [4.69, 9.17) is 14.2 Å². The van der Waals surface area contributed by atoms with E-state index in [-0.39, 0.29) is 73.7 Å². The quantitative estimate of drug-likeness (QED) is 0.0276. The molecular formula is C78H94F7N7O8. The molecular weight excluding hydrogens is 1300 g/mol. The number of carbonyl (C=O) groups is 5. The maximum absolute atomic E-state index is 14.0. The Morgan fingerprint density at radius 3 is 1.99 bits per heavy atom. The Morgan fingerprint density at radius 1 is 0.680 bits per heavy atom. The van der Waals surface area contributed by atoms with Gasteiger partial charge in [0.05, 0.1) is 30.2 Å². The van der Waals surface area contributed by atoms with Crippen molar-refractivity contribution in [3.63, 3.8) is 0 Å². The number of hydrogen-bond donors (Lipinski definition) is 0. The zero-order valence-electron chi connectivity index (χ0n) is 58.1. The minimum absolute atomic E-state index is 0.00855. The Balaban J connectivity index is 0.000000235. The lowest BCUT2D eigenvalue weighted by molar-refractivity contribution is -0.150. The number of nitrogens with zero attached hydrogens (tertiary/aromatic N) is 7. The number of aryl methyl sites for hydroxylation is 1. The predicted molar refractivity (Wildman–Crippen MR) is 368 cm³/mol. The molecule has 0 N–H and O–H groups in total. The Bertz CT molecular complexity index is 3640. The van der Waals surface area contributed by atoms with Crippen molar-refractivity contribution in [1.29, 1.82) is 0 Å². The summed E-state index contributed by atoms with van der Waals surface area (Å²) in [5.74, 6) is -1.63. The van der Waals surface area contributed by atoms with E-state index in [2.05, 4.69) is 45.1 Å². The van der Waals surface area contributed by atoms with Crippen LogP contribution in [0, 0.1) is 5.82 Å². The summed E-state index contributed by atoms with van der Waals surface area (Å²) >= 11 is 0. The highest BCUT2D eigenvalue weighted by Crippen LogP contribution is 2.48. The summed E-state index contributed by atoms with van der Waals surface area (Å²) in [6.45, 7) is 9.81. The normalized spacial score (nSPS) is 17.9. The molecule has 10 rings (SSSR count). The van der Waals surface area contributed by atoms with Gasteiger partial charge in [-0.25, -0.2) is 4.39 Å². The maximum atomic E-state index is 14.0. The highest BCUT2D eigenvalue weighted by Gasteiger charge is 2.50. The van der Waals surface area contributed by atoms with Crippen molar-refractivity contribution in [3.8, 4) is 11.1 Å². The first kappa shape index (κ1) is 76.1. The molecule has 538 valence electrons. The molecule has 3 fully saturated rings. The summed E-state index contributed by atoms with van der Waals surface area (Å²) in [7, 11) is 5.45. The minimum Gasteiger partial charge on any atom is -0.462 e. The molecule has 4 amide bonds. The third-order valence-electron chi connectivity index (χ3n) is 20.2. The topological polar surface area (TPSA) is 145 Å². The number of alkyl halides is 6. The van der Waals surface area contributed by atoms with Gasteiger partial charge >= 0.3 is 18.3 Å². The SMILES string of the molecule is CCCN(C)C(=O)CO[C@H]1Cc2ccccc2C12CCN(CC[C@@]1(c3ccc(F)cc3)CN(C(=O)c3cc(C(F)(F)F)cc(C(F)(F)F)c3)CO1)CC2.CCN(C)C(=O)c1ccc(CCCCCCCC(=O)N(C)CCN2CCC(OC(=O)Cc3ccccc3-c3ccccc3)CC2)cn1. The van der Waals surface area contributed by atoms with Crippen LogP contribution in [0.3, 0.4) is 0 Å². The number of carbonyl (C=O) groups excluding carboxylic acids is 5. The Morgan fingerprint density at radius 2 is 1.32 bits per heavy atom. The van der Waals surface area contributed by atoms with Gasteiger partial charge < -0.3 is 43.6 Å². The van der Waals surface area contributed by atoms with Gasteiger partial charge in [0.25, 0.3) is 11.8 Å². The van der Waals surface area contributed by atoms with E-state index in [1.807, 2.05) is 92.7 Å². The van der Waals surface area contributed by atoms with Crippen molar-refractivity contribution < 1.29 is 68.9 Å². The molecule has 4 aliphatic rings. The van der Waals surface area contributed by atoms with Crippen LogP contribution in [0.25, 0.3) is 11.1 Å². The van der Waals surface area contributed by atoms with Gasteiger partial charge in [0, 0.05) is 90.6 Å². The van der Waals surface area contributed by atoms with Gasteiger partial charge in [0.2, 0.25) is 11.8 Å². The Labute approximate surface area is 582 Å². The van der Waals surface area contributed by atoms with Crippen LogP contribution < -0.4 is 0 Å². The molecule has 1 spiro atoms. The molecule has 1 aliphatic carbocycles. The van der Waals surface area contributed by atoms with Crippen LogP contribution in [0.5, 0.6) is 0 Å². The number of ether oxygens (including phenoxy) is 3. The molecule has 4 heterocycles. The van der Waals surface area contributed by atoms with Crippen LogP contribution in [-0.4, -0.2) is 176 Å². The zero-order valence-corrected chi connectivity index (χ0v) is 58.1. The Hall–Kier alpha value is -8.05. The molecule has 100 heavy (non-hydrogen) atoms. The van der Waals surface area contributed by atoms with Crippen molar-refractivity contribution in [3.05, 3.63) is 196 Å². The number of aromatic nitrogens is 1. The summed E-state index contributed by atoms with van der Waals surface area (Å²) in [6, 6.07) is 36.5. The van der Waals surface area contributed by atoms with E-state index in [1.165, 1.54) is 35.4 Å². The third-order valence-corrected chi connectivity index (χ3v) is 20.2. The first-order chi connectivity index (χ1) is 47.9. The van der Waals surface area contributed by atoms with Gasteiger partial charge in [0.15, 0.2) is 0 Å². The van der Waals surface area contributed by atoms with E-state index in [0.29, 0.717) is 81.9 Å². The number of rotatable bonds is 27. The first-order valence-corrected chi connectivity index (χ1v) is 35.0. The fourth-order valence-corrected chi connectivity index (χ4v) is 14.0. The van der Waals surface area contributed by atoms with Crippen LogP contribution in [0.4, 0.5) is 30.7 Å². The van der Waals surface area contributed by atoms with Crippen LogP contribution >= 0.6 is 0 Å². The molecule has 15 nitrogen and oxygen atoms in total. The summed E-state index contributed by atoms with van der Waals surface area (Å²) < 4.78 is 114. The zero-order chi connectivity index (χ0) is 71.6. The molecule has 0 unspecified atom stereocenters. The largest absolute Gasteiger partial charge is 0.462 e. The smallest absolute Gasteiger partial charge is 0.416 e. The number of pyridine rings is 1. The van der Waals surface area contributed by atoms with Crippen LogP contribution in [0.15, 0.2) is 140 Å². The standard InChI is InChI=1S/C39H42F7N3O4.C39H52N4O4/c1-3-15-47(2)34(50)23-52-33-21-26-6-4-5-7-32(26)36(33)12-16-48(17-13-36)18-14-37(28-8-10-31(40)11-9-28)24-49(25-53-37)35(51)27-19-29(38(41,42)43)22-30(20-27)39(44,45)46;1-4-41(2)39(46)36-22-21-31(30-40-36)15-9-6-5-7-12-20-37(44)42(3)27-28-43-25-23-34(24-26-43)47-38(45)29-33-18-13-14-19-35(33)32-16-10-8-11-17-32/h4-11,19-20,22,33H,3,12-18,21,23-25H2,1-2H3;8,10-11,13-14,16-19,21-22,30,34H,4-7,9,12,15,20,23-29H2,1-3H3/t33-,37-;/m0./s1. The number of hydrogen-bond acceptors (Lipinski definition) is 11. The third kappa shape index (κ3) is 20.1. The second kappa shape index (κ2) is 35.0. The second-order valence-electron chi connectivity index (χ2n) is 27.0. The van der Waals surface area contributed by atoms with E-state index in [9.17, 15) is 54.7 Å². The summed E-state index contributed by atoms with van der Waals surface area (Å²) in [5, 5.41) is 0. The molecule has 0 saturated carbocycles. The highest BCUT2D eigenvalue weighted by atomic mass is 19.4. The maximum Gasteiger partial charge on any atom is 0.416 e. The summed E-state index contributed by atoms with van der Waals surface area (Å²) in [4.78, 5) is 79.2. The summed E-state index contributed by atoms with van der Waals surface area (Å²) in [6.07, 6.45) is 3.44. The molecule has 3 saturated heterocycles. The predicted octanol–water partition coefficient (Wildman–Crippen LogP) is 13.9. The van der Waals surface area contributed by atoms with Crippen LogP contribution in [0.2, 0.25) is 0 Å². The lowest BCUT2D eigenvalue weighted by Crippen LogP contribution is -2.50. The average Bonchev–Trinajstić information content (AvgIpc) is 1.58. The monoisotopic (exact) mass is 1390 g/mol. The number of halogens is 7. The van der Waals surface area contributed by atoms with Crippen molar-refractivity contribution >= 4 is 29.6 Å². The lowest BCUT2D eigenvalue weighted by atomic mass is 9.72. The summed E-state index contributed by atoms with van der Waals surface area (Å²) in [5.41, 5.74) is 2.32. The molecule has 5 aromatic carbocycles. The van der Waals surface area contributed by atoms with Gasteiger partial charge in [0.1, 0.15) is 36.6 Å². The number of esters is 1. The number of piperidine rings is 2. The number of likely N-dealkylation sites (tertiary alicyclic amines) is 2. The molecule has 22 heteroatoms. The van der Waals surface area contributed by atoms with E-state index in [1.54, 1.807) is 23.9 Å². The molecule has 3 aliphatic heterocycles. The fraction of sp³-hybridized carbons (Fsp3) is 0.487. The average molecular weight is 1390 g/mol. The lowest BCUT2D eigenvalue weighted by Gasteiger charge is -2.44. The number of amides is 4. The number of benzene rings is 5. The van der Waals surface area contributed by atoms with Gasteiger partial charge in [-0.3, -0.25) is 29.0 Å². The fourth-order valence-electron chi connectivity index (χ4n) is 14.0.